The number of piperidine rings is 2. The van der Waals surface area contributed by atoms with Crippen molar-refractivity contribution in [2.45, 2.75) is 63.6 Å². The summed E-state index contributed by atoms with van der Waals surface area (Å²) in [5, 5.41) is 3.65. The van der Waals surface area contributed by atoms with Gasteiger partial charge < -0.3 is 10.1 Å². The van der Waals surface area contributed by atoms with Gasteiger partial charge in [0, 0.05) is 24.7 Å². The van der Waals surface area contributed by atoms with Crippen LogP contribution in [0.4, 0.5) is 0 Å². The SMILES string of the molecule is C=CCCOCCN1C2CCCC1CC(NCC)C2. The van der Waals surface area contributed by atoms with Crippen LogP contribution in [0.5, 0.6) is 0 Å². The van der Waals surface area contributed by atoms with Gasteiger partial charge in [0.15, 0.2) is 0 Å². The second-order valence-corrected chi connectivity index (χ2v) is 5.89. The van der Waals surface area contributed by atoms with E-state index in [1.54, 1.807) is 0 Å². The van der Waals surface area contributed by atoms with E-state index in [4.69, 9.17) is 4.74 Å². The standard InChI is InChI=1S/C16H30N2O/c1-3-5-10-19-11-9-18-15-7-6-8-16(18)13-14(12-15)17-4-2/h3,14-17H,1,4-13H2,2H3. The lowest BCUT2D eigenvalue weighted by atomic mass is 9.82. The third-order valence-corrected chi connectivity index (χ3v) is 4.58. The molecule has 2 rings (SSSR count). The van der Waals surface area contributed by atoms with E-state index in [1.165, 1.54) is 32.1 Å². The van der Waals surface area contributed by atoms with E-state index in [9.17, 15) is 0 Å². The predicted octanol–water partition coefficient (Wildman–Crippen LogP) is 2.57. The lowest BCUT2D eigenvalue weighted by Crippen LogP contribution is -2.56. The van der Waals surface area contributed by atoms with Gasteiger partial charge in [0.2, 0.25) is 0 Å². The van der Waals surface area contributed by atoms with Gasteiger partial charge in [0.05, 0.1) is 13.2 Å². The molecular formula is C16H30N2O. The molecule has 2 saturated heterocycles. The van der Waals surface area contributed by atoms with E-state index in [2.05, 4.69) is 23.7 Å². The van der Waals surface area contributed by atoms with E-state index >= 15 is 0 Å². The van der Waals surface area contributed by atoms with Crippen LogP contribution in [0.2, 0.25) is 0 Å². The van der Waals surface area contributed by atoms with Gasteiger partial charge >= 0.3 is 0 Å². The molecule has 0 radical (unpaired) electrons. The first-order valence-electron chi connectivity index (χ1n) is 8.03. The fourth-order valence-corrected chi connectivity index (χ4v) is 3.74. The van der Waals surface area contributed by atoms with Crippen LogP contribution >= 0.6 is 0 Å². The molecule has 110 valence electrons. The van der Waals surface area contributed by atoms with Crippen molar-refractivity contribution in [3.05, 3.63) is 12.7 Å². The summed E-state index contributed by atoms with van der Waals surface area (Å²) in [4.78, 5) is 2.73. The highest BCUT2D eigenvalue weighted by atomic mass is 16.5. The molecule has 0 aromatic heterocycles. The Labute approximate surface area is 118 Å². The minimum absolute atomic E-state index is 0.748. The average Bonchev–Trinajstić information content (AvgIpc) is 2.39. The van der Waals surface area contributed by atoms with Crippen molar-refractivity contribution in [1.29, 1.82) is 0 Å². The number of hydrogen-bond donors (Lipinski definition) is 1. The molecule has 2 bridgehead atoms. The molecule has 0 aliphatic carbocycles. The van der Waals surface area contributed by atoms with Crippen molar-refractivity contribution in [2.24, 2.45) is 0 Å². The number of rotatable bonds is 8. The summed E-state index contributed by atoms with van der Waals surface area (Å²) < 4.78 is 5.69. The van der Waals surface area contributed by atoms with Crippen LogP contribution in [0.3, 0.4) is 0 Å². The molecule has 3 heteroatoms. The Kier molecular flexibility index (Phi) is 6.35. The van der Waals surface area contributed by atoms with Gasteiger partial charge in [0.25, 0.3) is 0 Å². The zero-order valence-corrected chi connectivity index (χ0v) is 12.4. The summed E-state index contributed by atoms with van der Waals surface area (Å²) in [5.41, 5.74) is 0. The molecule has 0 saturated carbocycles. The van der Waals surface area contributed by atoms with Gasteiger partial charge in [-0.05, 0) is 38.6 Å². The van der Waals surface area contributed by atoms with Crippen molar-refractivity contribution < 1.29 is 4.74 Å². The first-order chi connectivity index (χ1) is 9.35. The number of nitrogens with zero attached hydrogens (tertiary/aromatic N) is 1. The van der Waals surface area contributed by atoms with Gasteiger partial charge in [-0.25, -0.2) is 0 Å². The van der Waals surface area contributed by atoms with E-state index in [-0.39, 0.29) is 0 Å². The first-order valence-corrected chi connectivity index (χ1v) is 8.03. The quantitative estimate of drug-likeness (QED) is 0.540. The van der Waals surface area contributed by atoms with E-state index in [0.717, 1.165) is 50.8 Å². The molecule has 19 heavy (non-hydrogen) atoms. The maximum absolute atomic E-state index is 5.69. The number of nitrogens with one attached hydrogen (secondary N) is 1. The molecule has 2 fully saturated rings. The second-order valence-electron chi connectivity index (χ2n) is 5.89. The highest BCUT2D eigenvalue weighted by Crippen LogP contribution is 2.33. The van der Waals surface area contributed by atoms with Crippen LogP contribution in [0, 0.1) is 0 Å². The first kappa shape index (κ1) is 15.0. The largest absolute Gasteiger partial charge is 0.380 e. The summed E-state index contributed by atoms with van der Waals surface area (Å²) in [5.74, 6) is 0. The zero-order valence-electron chi connectivity index (χ0n) is 12.4. The van der Waals surface area contributed by atoms with Crippen LogP contribution in [0.15, 0.2) is 12.7 Å². The molecule has 2 aliphatic rings. The molecule has 0 spiro atoms. The normalized spacial score (nSPS) is 31.3. The van der Waals surface area contributed by atoms with Crippen molar-refractivity contribution in [3.63, 3.8) is 0 Å². The van der Waals surface area contributed by atoms with E-state index in [1.807, 2.05) is 6.08 Å². The Hall–Kier alpha value is -0.380. The van der Waals surface area contributed by atoms with Crippen LogP contribution in [-0.4, -0.2) is 49.3 Å². The lowest BCUT2D eigenvalue weighted by Gasteiger charge is -2.49. The van der Waals surface area contributed by atoms with Gasteiger partial charge in [0.1, 0.15) is 0 Å². The lowest BCUT2D eigenvalue weighted by molar-refractivity contribution is 0.000282. The smallest absolute Gasteiger partial charge is 0.0593 e. The van der Waals surface area contributed by atoms with Crippen LogP contribution in [-0.2, 0) is 4.74 Å². The average molecular weight is 266 g/mol. The van der Waals surface area contributed by atoms with Crippen molar-refractivity contribution in [1.82, 2.24) is 10.2 Å². The van der Waals surface area contributed by atoms with Crippen molar-refractivity contribution in [2.75, 3.05) is 26.3 Å². The molecular weight excluding hydrogens is 236 g/mol. The third-order valence-electron chi connectivity index (χ3n) is 4.58. The van der Waals surface area contributed by atoms with Crippen molar-refractivity contribution >= 4 is 0 Å². The molecule has 3 nitrogen and oxygen atoms in total. The molecule has 2 aliphatic heterocycles. The number of ether oxygens (including phenoxy) is 1. The number of fused-ring (bicyclic) bond motifs is 2. The van der Waals surface area contributed by atoms with E-state index < -0.39 is 0 Å². The van der Waals surface area contributed by atoms with Gasteiger partial charge in [-0.3, -0.25) is 4.90 Å². The summed E-state index contributed by atoms with van der Waals surface area (Å²) in [6.07, 6.45) is 9.73. The Balaban J connectivity index is 1.76. The topological polar surface area (TPSA) is 24.5 Å². The Morgan fingerprint density at radius 1 is 1.26 bits per heavy atom. The molecule has 2 unspecified atom stereocenters. The van der Waals surface area contributed by atoms with Gasteiger partial charge in [-0.2, -0.15) is 0 Å². The molecule has 0 aromatic carbocycles. The zero-order chi connectivity index (χ0) is 13.5. The minimum Gasteiger partial charge on any atom is -0.380 e. The monoisotopic (exact) mass is 266 g/mol. The maximum atomic E-state index is 5.69. The number of hydrogen-bond acceptors (Lipinski definition) is 3. The summed E-state index contributed by atoms with van der Waals surface area (Å²) in [6.45, 7) is 9.87. The summed E-state index contributed by atoms with van der Waals surface area (Å²) >= 11 is 0. The second kappa shape index (κ2) is 8.03. The van der Waals surface area contributed by atoms with Gasteiger partial charge in [-0.1, -0.05) is 19.4 Å². The van der Waals surface area contributed by atoms with Crippen LogP contribution < -0.4 is 5.32 Å². The van der Waals surface area contributed by atoms with Crippen LogP contribution in [0.25, 0.3) is 0 Å². The molecule has 1 N–H and O–H groups in total. The third kappa shape index (κ3) is 4.30. The Morgan fingerprint density at radius 2 is 2.00 bits per heavy atom. The molecule has 0 amide bonds. The van der Waals surface area contributed by atoms with Crippen LogP contribution in [0.1, 0.15) is 45.4 Å². The molecule has 2 atom stereocenters. The fraction of sp³-hybridized carbons (Fsp3) is 0.875. The highest BCUT2D eigenvalue weighted by molar-refractivity contribution is 4.94. The van der Waals surface area contributed by atoms with Gasteiger partial charge in [-0.15, -0.1) is 6.58 Å². The summed E-state index contributed by atoms with van der Waals surface area (Å²) in [7, 11) is 0. The molecule has 0 aromatic rings. The Bertz CT molecular complexity index is 255. The maximum Gasteiger partial charge on any atom is 0.0593 e. The summed E-state index contributed by atoms with van der Waals surface area (Å²) in [6, 6.07) is 2.33. The highest BCUT2D eigenvalue weighted by Gasteiger charge is 2.37. The fourth-order valence-electron chi connectivity index (χ4n) is 3.74. The Morgan fingerprint density at radius 3 is 2.63 bits per heavy atom. The predicted molar refractivity (Wildman–Crippen MR) is 80.5 cm³/mol. The van der Waals surface area contributed by atoms with Crippen molar-refractivity contribution in [3.8, 4) is 0 Å². The minimum atomic E-state index is 0.748. The van der Waals surface area contributed by atoms with E-state index in [0.29, 0.717) is 0 Å². The molecule has 2 heterocycles.